The Bertz CT molecular complexity index is 1890. The first kappa shape index (κ1) is 33.1. The second-order valence-corrected chi connectivity index (χ2v) is 15.7. The largest absolute Gasteiger partial charge is 0.386 e. The Morgan fingerprint density at radius 3 is 1.94 bits per heavy atom. The molecule has 13 heteroatoms. The van der Waals surface area contributed by atoms with Gasteiger partial charge in [-0.1, -0.05) is 40.5 Å². The molecule has 2 aromatic heterocycles. The molecule has 10 nitrogen and oxygen atoms in total. The molecule has 4 bridgehead atoms. The molecule has 7 saturated heterocycles. The number of benzene rings is 2. The Labute approximate surface area is 304 Å². The normalized spacial score (nSPS) is 31.7. The van der Waals surface area contributed by atoms with Crippen LogP contribution >= 0.6 is 39.1 Å². The molecule has 10 heterocycles. The van der Waals surface area contributed by atoms with E-state index in [1.54, 1.807) is 6.20 Å². The van der Waals surface area contributed by atoms with Crippen molar-refractivity contribution in [3.8, 4) is 0 Å². The number of rotatable bonds is 1. The Hall–Kier alpha value is -3.06. The molecule has 0 saturated carbocycles. The van der Waals surface area contributed by atoms with Crippen LogP contribution in [-0.4, -0.2) is 81.9 Å². The highest BCUT2D eigenvalue weighted by Gasteiger charge is 2.53. The number of hydrogen-bond donors (Lipinski definition) is 2. The van der Waals surface area contributed by atoms with E-state index >= 15 is 0 Å². The maximum atomic E-state index is 6.04. The molecule has 2 atom stereocenters. The van der Waals surface area contributed by atoms with Crippen molar-refractivity contribution >= 4 is 78.2 Å². The molecule has 8 aliphatic rings. The number of aliphatic imine (C=N–C) groups is 1. The number of aromatic nitrogens is 2. The fraction of sp³-hybridized carbons (Fsp3) is 0.444. The van der Waals surface area contributed by atoms with Crippen LogP contribution in [0.1, 0.15) is 38.5 Å². The summed E-state index contributed by atoms with van der Waals surface area (Å²) in [4.78, 5) is 29.8. The lowest BCUT2D eigenvalue weighted by Crippen LogP contribution is -2.59. The Morgan fingerprint density at radius 1 is 0.776 bits per heavy atom. The summed E-state index contributed by atoms with van der Waals surface area (Å²) in [6.07, 6.45) is 10.3. The average Bonchev–Trinajstić information content (AvgIpc) is 3.68. The number of hydrogen-bond acceptors (Lipinski definition) is 9. The van der Waals surface area contributed by atoms with Gasteiger partial charge in [-0.05, 0) is 121 Å². The van der Waals surface area contributed by atoms with E-state index in [1.165, 1.54) is 51.9 Å². The van der Waals surface area contributed by atoms with Crippen LogP contribution in [0.4, 0.5) is 5.82 Å². The second kappa shape index (κ2) is 13.6. The van der Waals surface area contributed by atoms with Crippen LogP contribution in [-0.2, 0) is 9.68 Å². The summed E-state index contributed by atoms with van der Waals surface area (Å²) in [5.74, 6) is 3.57. The number of oxime groups is 1. The van der Waals surface area contributed by atoms with Crippen LogP contribution in [0.2, 0.25) is 10.0 Å². The topological polar surface area (TPSA) is 113 Å². The van der Waals surface area contributed by atoms with Crippen LogP contribution in [0.25, 0.3) is 21.5 Å². The standard InChI is InChI=1S/C18H19ClN4O.C9H5BrClN.C9H15N3O/c19-15-2-1-12-8-16(20-10-13(12)7-15)21-17-9-18(24-22-17)11-23-5-3-14(18)4-6-23;10-9-4-6-1-2-8(11)3-7(6)5-12-9;10-8-5-9(13-11-8)6-12-3-1-7(9)2-4-12/h1-2,7-8,10,14H,3-6,9,11H2,(H,20,21,22);1-5H;7H,1-6H2,(H2,10,11). The van der Waals surface area contributed by atoms with Crippen molar-refractivity contribution in [2.45, 2.75) is 49.7 Å². The van der Waals surface area contributed by atoms with E-state index in [2.05, 4.69) is 51.3 Å². The van der Waals surface area contributed by atoms with Gasteiger partial charge in [0.2, 0.25) is 0 Å². The number of nitrogens with zero attached hydrogens (tertiary/aromatic N) is 6. The molecule has 2 unspecified atom stereocenters. The van der Waals surface area contributed by atoms with E-state index in [-0.39, 0.29) is 11.2 Å². The maximum absolute atomic E-state index is 6.04. The zero-order chi connectivity index (χ0) is 33.6. The van der Waals surface area contributed by atoms with Crippen molar-refractivity contribution < 1.29 is 9.68 Å². The summed E-state index contributed by atoms with van der Waals surface area (Å²) in [7, 11) is 0. The molecular formula is C36H39BrCl2N8O2. The smallest absolute Gasteiger partial charge is 0.160 e. The minimum atomic E-state index is -0.0975. The molecule has 2 aromatic carbocycles. The number of fused-ring (bicyclic) bond motifs is 6. The van der Waals surface area contributed by atoms with Gasteiger partial charge in [0, 0.05) is 58.6 Å². The fourth-order valence-electron chi connectivity index (χ4n) is 8.35. The Balaban J connectivity index is 0.000000117. The van der Waals surface area contributed by atoms with E-state index in [4.69, 9.17) is 38.6 Å². The van der Waals surface area contributed by atoms with Crippen molar-refractivity contribution in [1.82, 2.24) is 25.2 Å². The Morgan fingerprint density at radius 2 is 1.37 bits per heavy atom. The van der Waals surface area contributed by atoms with Crippen molar-refractivity contribution in [3.05, 3.63) is 75.6 Å². The molecule has 12 rings (SSSR count). The number of amidine groups is 2. The van der Waals surface area contributed by atoms with Gasteiger partial charge in [0.15, 0.2) is 11.4 Å². The minimum Gasteiger partial charge on any atom is -0.386 e. The first-order chi connectivity index (χ1) is 23.7. The van der Waals surface area contributed by atoms with E-state index in [9.17, 15) is 0 Å². The summed E-state index contributed by atoms with van der Waals surface area (Å²) < 4.78 is 0.845. The van der Waals surface area contributed by atoms with Crippen LogP contribution in [0, 0.1) is 11.8 Å². The molecule has 3 N–H and O–H groups in total. The summed E-state index contributed by atoms with van der Waals surface area (Å²) in [6, 6.07) is 15.5. The van der Waals surface area contributed by atoms with E-state index < -0.39 is 0 Å². The van der Waals surface area contributed by atoms with Gasteiger partial charge < -0.3 is 15.5 Å². The van der Waals surface area contributed by atoms with Gasteiger partial charge in [0.05, 0.1) is 6.42 Å². The molecule has 0 aliphatic carbocycles. The zero-order valence-corrected chi connectivity index (χ0v) is 30.2. The van der Waals surface area contributed by atoms with Gasteiger partial charge in [0.1, 0.15) is 21.9 Å². The lowest BCUT2D eigenvalue weighted by Gasteiger charge is -2.49. The lowest BCUT2D eigenvalue weighted by molar-refractivity contribution is -0.150. The van der Waals surface area contributed by atoms with Crippen molar-refractivity contribution in [3.63, 3.8) is 0 Å². The number of piperidine rings is 6. The first-order valence-electron chi connectivity index (χ1n) is 17.0. The van der Waals surface area contributed by atoms with Gasteiger partial charge in [-0.2, -0.15) is 0 Å². The molecule has 2 spiro atoms. The molecule has 7 fully saturated rings. The highest BCUT2D eigenvalue weighted by atomic mass is 79.9. The van der Waals surface area contributed by atoms with Crippen molar-refractivity contribution in [2.75, 3.05) is 39.3 Å². The number of hydroxylamine groups is 1. The van der Waals surface area contributed by atoms with Gasteiger partial charge in [0.25, 0.3) is 0 Å². The monoisotopic (exact) mass is 764 g/mol. The van der Waals surface area contributed by atoms with E-state index in [0.29, 0.717) is 23.5 Å². The predicted molar refractivity (Wildman–Crippen MR) is 198 cm³/mol. The fourth-order valence-corrected chi connectivity index (χ4v) is 9.06. The van der Waals surface area contributed by atoms with Crippen LogP contribution < -0.4 is 11.2 Å². The van der Waals surface area contributed by atoms with Gasteiger partial charge in [-0.3, -0.25) is 15.2 Å². The molecule has 4 aromatic rings. The number of halogens is 3. The third-order valence-corrected chi connectivity index (χ3v) is 11.8. The van der Waals surface area contributed by atoms with Crippen molar-refractivity contribution in [2.24, 2.45) is 27.7 Å². The van der Waals surface area contributed by atoms with E-state index in [0.717, 1.165) is 68.0 Å². The molecular weight excluding hydrogens is 727 g/mol. The average molecular weight is 767 g/mol. The summed E-state index contributed by atoms with van der Waals surface area (Å²) in [5.41, 5.74) is 8.61. The summed E-state index contributed by atoms with van der Waals surface area (Å²) in [6.45, 7) is 6.91. The van der Waals surface area contributed by atoms with Crippen molar-refractivity contribution in [1.29, 1.82) is 0 Å². The van der Waals surface area contributed by atoms with Gasteiger partial charge in [-0.25, -0.2) is 15.0 Å². The van der Waals surface area contributed by atoms with Gasteiger partial charge in [-0.15, -0.1) is 0 Å². The lowest BCUT2D eigenvalue weighted by atomic mass is 9.74. The molecule has 49 heavy (non-hydrogen) atoms. The molecule has 0 radical (unpaired) electrons. The SMILES string of the molecule is Clc1ccc2cc(Br)ncc2c1.Clc1ccc2cc(N=C3CC4(CN5CCC4CC5)ON3)ncc2c1.NC1=NOC2(C1)CN1CCC2CC1. The maximum Gasteiger partial charge on any atom is 0.160 e. The first-order valence-corrected chi connectivity index (χ1v) is 18.5. The number of pyridine rings is 2. The zero-order valence-electron chi connectivity index (χ0n) is 27.1. The highest BCUT2D eigenvalue weighted by Crippen LogP contribution is 2.43. The third kappa shape index (κ3) is 6.98. The number of nitrogens with one attached hydrogen (secondary N) is 1. The van der Waals surface area contributed by atoms with Crippen LogP contribution in [0.5, 0.6) is 0 Å². The van der Waals surface area contributed by atoms with Crippen LogP contribution in [0.15, 0.2) is 75.7 Å². The molecule has 8 aliphatic heterocycles. The van der Waals surface area contributed by atoms with Crippen LogP contribution in [0.3, 0.4) is 0 Å². The molecule has 0 amide bonds. The highest BCUT2D eigenvalue weighted by molar-refractivity contribution is 9.10. The van der Waals surface area contributed by atoms with Gasteiger partial charge >= 0.3 is 0 Å². The number of nitrogens with two attached hydrogens (primary N) is 1. The molecule has 256 valence electrons. The Kier molecular flexibility index (Phi) is 9.17. The quantitative estimate of drug-likeness (QED) is 0.198. The van der Waals surface area contributed by atoms with E-state index in [1.807, 2.05) is 54.7 Å². The second-order valence-electron chi connectivity index (χ2n) is 14.1. The summed E-state index contributed by atoms with van der Waals surface area (Å²) >= 11 is 15.1. The minimum absolute atomic E-state index is 0.0411. The third-order valence-electron chi connectivity index (χ3n) is 10.9. The summed E-state index contributed by atoms with van der Waals surface area (Å²) in [5, 5.41) is 9.68. The predicted octanol–water partition coefficient (Wildman–Crippen LogP) is 7.10.